The molecule has 2 atom stereocenters. The number of carbonyl (C=O) groups excluding carboxylic acids is 2. The third kappa shape index (κ3) is 2.40. The fourth-order valence-electron chi connectivity index (χ4n) is 5.36. The third-order valence-electron chi connectivity index (χ3n) is 6.73. The molecular formula is C24H25N3O2. The molecule has 0 radical (unpaired) electrons. The van der Waals surface area contributed by atoms with Crippen LogP contribution in [-0.2, 0) is 17.3 Å². The molecule has 1 aromatic heterocycles. The zero-order valence-corrected chi connectivity index (χ0v) is 16.8. The van der Waals surface area contributed by atoms with Gasteiger partial charge in [-0.3, -0.25) is 9.59 Å². The van der Waals surface area contributed by atoms with E-state index in [2.05, 4.69) is 12.2 Å². The molecule has 2 aliphatic heterocycles. The predicted octanol–water partition coefficient (Wildman–Crippen LogP) is 4.08. The molecule has 148 valence electrons. The highest BCUT2D eigenvalue weighted by molar-refractivity contribution is 6.10. The highest BCUT2D eigenvalue weighted by Crippen LogP contribution is 2.49. The van der Waals surface area contributed by atoms with E-state index in [-0.39, 0.29) is 17.9 Å². The number of anilines is 1. The van der Waals surface area contributed by atoms with Crippen LogP contribution in [0.3, 0.4) is 0 Å². The first-order valence-electron chi connectivity index (χ1n) is 10.3. The van der Waals surface area contributed by atoms with Crippen LogP contribution < -0.4 is 5.32 Å². The van der Waals surface area contributed by atoms with Gasteiger partial charge in [0.1, 0.15) is 0 Å². The Balaban J connectivity index is 1.60. The molecule has 3 heterocycles. The van der Waals surface area contributed by atoms with Gasteiger partial charge in [-0.05, 0) is 42.7 Å². The van der Waals surface area contributed by atoms with E-state index in [0.29, 0.717) is 18.5 Å². The number of hydrogen-bond donors (Lipinski definition) is 1. The molecule has 2 aliphatic rings. The molecule has 1 fully saturated rings. The largest absolute Gasteiger partial charge is 0.351 e. The fourth-order valence-corrected chi connectivity index (χ4v) is 5.36. The third-order valence-corrected chi connectivity index (χ3v) is 6.73. The number of hydrogen-bond acceptors (Lipinski definition) is 2. The van der Waals surface area contributed by atoms with E-state index in [0.717, 1.165) is 35.0 Å². The first-order valence-corrected chi connectivity index (χ1v) is 10.3. The second kappa shape index (κ2) is 6.48. The first-order chi connectivity index (χ1) is 14.1. The van der Waals surface area contributed by atoms with Crippen LogP contribution in [0, 0.1) is 0 Å². The maximum atomic E-state index is 13.7. The summed E-state index contributed by atoms with van der Waals surface area (Å²) in [4.78, 5) is 28.9. The number of nitrogens with one attached hydrogen (secondary N) is 1. The first kappa shape index (κ1) is 18.0. The van der Waals surface area contributed by atoms with Crippen molar-refractivity contribution < 1.29 is 9.59 Å². The second-order valence-electron chi connectivity index (χ2n) is 8.19. The van der Waals surface area contributed by atoms with Crippen LogP contribution in [0.15, 0.2) is 54.7 Å². The molecule has 0 unspecified atom stereocenters. The van der Waals surface area contributed by atoms with Crippen LogP contribution in [0.25, 0.3) is 10.9 Å². The van der Waals surface area contributed by atoms with Crippen molar-refractivity contribution in [3.8, 4) is 0 Å². The Morgan fingerprint density at radius 3 is 2.83 bits per heavy atom. The topological polar surface area (TPSA) is 54.3 Å². The van der Waals surface area contributed by atoms with Crippen molar-refractivity contribution in [2.75, 3.05) is 11.9 Å². The monoisotopic (exact) mass is 387 g/mol. The molecule has 5 rings (SSSR count). The van der Waals surface area contributed by atoms with E-state index < -0.39 is 5.41 Å². The van der Waals surface area contributed by atoms with Gasteiger partial charge in [0.15, 0.2) is 0 Å². The minimum atomic E-state index is -0.646. The molecule has 5 nitrogen and oxygen atoms in total. The molecule has 1 N–H and O–H groups in total. The van der Waals surface area contributed by atoms with Gasteiger partial charge in [-0.1, -0.05) is 37.6 Å². The lowest BCUT2D eigenvalue weighted by molar-refractivity contribution is -0.121. The van der Waals surface area contributed by atoms with Crippen molar-refractivity contribution in [3.63, 3.8) is 0 Å². The smallest absolute Gasteiger partial charge is 0.254 e. The lowest BCUT2D eigenvalue weighted by atomic mass is 9.73. The molecule has 0 aliphatic carbocycles. The minimum absolute atomic E-state index is 0.0225. The van der Waals surface area contributed by atoms with E-state index in [1.165, 1.54) is 0 Å². The number of nitrogens with zero attached hydrogens (tertiary/aromatic N) is 2. The number of benzene rings is 2. The Kier molecular flexibility index (Phi) is 4.02. The van der Waals surface area contributed by atoms with Gasteiger partial charge >= 0.3 is 0 Å². The maximum Gasteiger partial charge on any atom is 0.254 e. The minimum Gasteiger partial charge on any atom is -0.351 e. The Hall–Kier alpha value is -3.08. The van der Waals surface area contributed by atoms with Crippen molar-refractivity contribution in [1.82, 2.24) is 9.47 Å². The van der Waals surface area contributed by atoms with E-state index in [4.69, 9.17) is 0 Å². The van der Waals surface area contributed by atoms with Gasteiger partial charge in [-0.15, -0.1) is 0 Å². The van der Waals surface area contributed by atoms with Crippen LogP contribution >= 0.6 is 0 Å². The van der Waals surface area contributed by atoms with Crippen molar-refractivity contribution in [1.29, 1.82) is 0 Å². The summed E-state index contributed by atoms with van der Waals surface area (Å²) < 4.78 is 2.03. The molecule has 1 spiro atoms. The second-order valence-corrected chi connectivity index (χ2v) is 8.19. The molecule has 2 aromatic carbocycles. The molecule has 1 saturated heterocycles. The molecule has 3 aromatic rings. The normalized spacial score (nSPS) is 23.0. The number of para-hydroxylation sites is 1. The number of rotatable bonds is 3. The van der Waals surface area contributed by atoms with E-state index in [1.54, 1.807) is 0 Å². The number of likely N-dealkylation sites (tertiary alicyclic amines) is 1. The average molecular weight is 387 g/mol. The number of aromatic nitrogens is 1. The van der Waals surface area contributed by atoms with Gasteiger partial charge < -0.3 is 14.8 Å². The van der Waals surface area contributed by atoms with Gasteiger partial charge in [-0.25, -0.2) is 0 Å². The fraction of sp³-hybridized carbons (Fsp3) is 0.333. The highest BCUT2D eigenvalue weighted by Gasteiger charge is 2.58. The molecular weight excluding hydrogens is 362 g/mol. The van der Waals surface area contributed by atoms with Crippen molar-refractivity contribution in [2.24, 2.45) is 7.05 Å². The van der Waals surface area contributed by atoms with Crippen LogP contribution in [0.4, 0.5) is 5.69 Å². The van der Waals surface area contributed by atoms with Crippen LogP contribution in [0.2, 0.25) is 0 Å². The Labute approximate surface area is 170 Å². The SMILES string of the molecule is CCC[C@@H]1N(C(=O)c2cccc3c2ccn3C)CC[C@]12C(=O)Nc1ccccc12. The summed E-state index contributed by atoms with van der Waals surface area (Å²) in [5.74, 6) is 0.0553. The number of amides is 2. The summed E-state index contributed by atoms with van der Waals surface area (Å²) in [5.41, 5.74) is 3.04. The Morgan fingerprint density at radius 2 is 2.00 bits per heavy atom. The van der Waals surface area contributed by atoms with Gasteiger partial charge in [0.2, 0.25) is 5.91 Å². The Morgan fingerprint density at radius 1 is 1.17 bits per heavy atom. The van der Waals surface area contributed by atoms with Gasteiger partial charge in [0, 0.05) is 41.9 Å². The lowest BCUT2D eigenvalue weighted by Gasteiger charge is -2.34. The molecule has 0 bridgehead atoms. The van der Waals surface area contributed by atoms with Gasteiger partial charge in [0.05, 0.1) is 11.5 Å². The van der Waals surface area contributed by atoms with Crippen LogP contribution in [0.1, 0.15) is 42.1 Å². The van der Waals surface area contributed by atoms with E-state index >= 15 is 0 Å². The van der Waals surface area contributed by atoms with E-state index in [1.807, 2.05) is 71.2 Å². The predicted molar refractivity (Wildman–Crippen MR) is 114 cm³/mol. The summed E-state index contributed by atoms with van der Waals surface area (Å²) >= 11 is 0. The number of carbonyl (C=O) groups is 2. The Bertz CT molecular complexity index is 1130. The molecule has 2 amide bonds. The average Bonchev–Trinajstić information content (AvgIpc) is 3.38. The summed E-state index contributed by atoms with van der Waals surface area (Å²) in [6.45, 7) is 2.71. The van der Waals surface area contributed by atoms with Crippen molar-refractivity contribution in [2.45, 2.75) is 37.6 Å². The maximum absolute atomic E-state index is 13.7. The summed E-state index contributed by atoms with van der Waals surface area (Å²) in [7, 11) is 1.99. The quantitative estimate of drug-likeness (QED) is 0.736. The standard InChI is InChI=1S/C24H25N3O2/c1-3-7-21-24(18-9-4-5-10-19(18)25-23(24)29)13-15-27(21)22(28)17-8-6-11-20-16(17)12-14-26(20)2/h4-6,8-12,14,21H,3,7,13,15H2,1-2H3,(H,25,29)/t21-,24+/m0/s1. The number of fused-ring (bicyclic) bond motifs is 3. The lowest BCUT2D eigenvalue weighted by Crippen LogP contribution is -2.48. The summed E-state index contributed by atoms with van der Waals surface area (Å²) in [6, 6.07) is 15.7. The van der Waals surface area contributed by atoms with Crippen LogP contribution in [-0.4, -0.2) is 33.9 Å². The van der Waals surface area contributed by atoms with Crippen molar-refractivity contribution in [3.05, 3.63) is 65.9 Å². The van der Waals surface area contributed by atoms with Crippen molar-refractivity contribution >= 4 is 28.4 Å². The molecule has 5 heteroatoms. The molecule has 0 saturated carbocycles. The summed E-state index contributed by atoms with van der Waals surface area (Å²) in [5, 5.41) is 4.04. The zero-order chi connectivity index (χ0) is 20.2. The number of aryl methyl sites for hydroxylation is 1. The summed E-state index contributed by atoms with van der Waals surface area (Å²) in [6.07, 6.45) is 4.37. The van der Waals surface area contributed by atoms with Gasteiger partial charge in [-0.2, -0.15) is 0 Å². The van der Waals surface area contributed by atoms with Crippen LogP contribution in [0.5, 0.6) is 0 Å². The zero-order valence-electron chi connectivity index (χ0n) is 16.8. The molecule has 29 heavy (non-hydrogen) atoms. The highest BCUT2D eigenvalue weighted by atomic mass is 16.2. The van der Waals surface area contributed by atoms with E-state index in [9.17, 15) is 9.59 Å². The van der Waals surface area contributed by atoms with Gasteiger partial charge in [0.25, 0.3) is 5.91 Å².